The molecule has 1 saturated carbocycles. The highest BCUT2D eigenvalue weighted by Gasteiger charge is 2.30. The Kier molecular flexibility index (Phi) is 5.55. The molecular formula is C14H23N3O4. The third kappa shape index (κ3) is 4.70. The van der Waals surface area contributed by atoms with E-state index in [-0.39, 0.29) is 12.6 Å². The molecule has 0 bridgehead atoms. The first-order valence-corrected chi connectivity index (χ1v) is 7.63. The van der Waals surface area contributed by atoms with E-state index in [2.05, 4.69) is 10.6 Å². The number of rotatable bonds is 4. The van der Waals surface area contributed by atoms with Gasteiger partial charge in [0.15, 0.2) is 0 Å². The van der Waals surface area contributed by atoms with Crippen LogP contribution in [0.15, 0.2) is 0 Å². The van der Waals surface area contributed by atoms with Gasteiger partial charge in [0.1, 0.15) is 6.04 Å². The number of carboxylic acid groups (broad SMARTS) is 1. The van der Waals surface area contributed by atoms with Gasteiger partial charge in [-0.1, -0.05) is 19.3 Å². The van der Waals surface area contributed by atoms with Gasteiger partial charge >= 0.3 is 12.0 Å². The molecule has 2 aliphatic rings. The standard InChI is InChI=1S/C14H23N3O4/c18-12(16-14(21)15-10-5-1-2-6-10)9-17-8-4-3-7-11(17)13(19)20/h10-11H,1-9H2,(H,19,20)(H2,15,16,18,21). The summed E-state index contributed by atoms with van der Waals surface area (Å²) in [6.07, 6.45) is 6.41. The van der Waals surface area contributed by atoms with Gasteiger partial charge in [0.2, 0.25) is 5.91 Å². The number of piperidine rings is 1. The lowest BCUT2D eigenvalue weighted by molar-refractivity contribution is -0.145. The molecule has 3 amide bonds. The summed E-state index contributed by atoms with van der Waals surface area (Å²) >= 11 is 0. The van der Waals surface area contributed by atoms with Crippen molar-refractivity contribution in [2.75, 3.05) is 13.1 Å². The molecule has 0 aromatic heterocycles. The second-order valence-corrected chi connectivity index (χ2v) is 5.82. The SMILES string of the molecule is O=C(CN1CCCCC1C(=O)O)NC(=O)NC1CCCC1. The van der Waals surface area contributed by atoms with Gasteiger partial charge in [-0.05, 0) is 32.2 Å². The number of aliphatic carboxylic acids is 1. The fourth-order valence-electron chi connectivity index (χ4n) is 3.10. The Morgan fingerprint density at radius 2 is 1.71 bits per heavy atom. The first-order valence-electron chi connectivity index (χ1n) is 7.63. The van der Waals surface area contributed by atoms with Gasteiger partial charge in [-0.2, -0.15) is 0 Å². The lowest BCUT2D eigenvalue weighted by Crippen LogP contribution is -2.51. The minimum atomic E-state index is -0.905. The summed E-state index contributed by atoms with van der Waals surface area (Å²) in [4.78, 5) is 36.3. The fourth-order valence-corrected chi connectivity index (χ4v) is 3.10. The number of carboxylic acids is 1. The van der Waals surface area contributed by atoms with Crippen LogP contribution in [0.4, 0.5) is 4.79 Å². The Morgan fingerprint density at radius 1 is 1.05 bits per heavy atom. The van der Waals surface area contributed by atoms with Crippen molar-refractivity contribution in [3.8, 4) is 0 Å². The Hall–Kier alpha value is -1.63. The van der Waals surface area contributed by atoms with E-state index in [1.165, 1.54) is 0 Å². The van der Waals surface area contributed by atoms with Crippen molar-refractivity contribution >= 4 is 17.9 Å². The highest BCUT2D eigenvalue weighted by molar-refractivity contribution is 5.95. The van der Waals surface area contributed by atoms with Crippen molar-refractivity contribution in [3.63, 3.8) is 0 Å². The molecule has 1 heterocycles. The molecule has 7 heteroatoms. The highest BCUT2D eigenvalue weighted by Crippen LogP contribution is 2.18. The molecule has 1 aliphatic carbocycles. The van der Waals surface area contributed by atoms with Crippen molar-refractivity contribution < 1.29 is 19.5 Å². The topological polar surface area (TPSA) is 98.7 Å². The lowest BCUT2D eigenvalue weighted by atomic mass is 10.0. The second kappa shape index (κ2) is 7.40. The minimum absolute atomic E-state index is 0.0466. The smallest absolute Gasteiger partial charge is 0.321 e. The van der Waals surface area contributed by atoms with Crippen LogP contribution in [-0.2, 0) is 9.59 Å². The molecule has 2 fully saturated rings. The van der Waals surface area contributed by atoms with Gasteiger partial charge in [0.05, 0.1) is 6.54 Å². The van der Waals surface area contributed by atoms with E-state index in [4.69, 9.17) is 5.11 Å². The van der Waals surface area contributed by atoms with Crippen LogP contribution in [-0.4, -0.2) is 53.1 Å². The summed E-state index contributed by atoms with van der Waals surface area (Å²) in [7, 11) is 0. The maximum Gasteiger partial charge on any atom is 0.321 e. The van der Waals surface area contributed by atoms with E-state index in [9.17, 15) is 14.4 Å². The van der Waals surface area contributed by atoms with Gasteiger partial charge in [-0.3, -0.25) is 19.8 Å². The molecule has 1 aliphatic heterocycles. The van der Waals surface area contributed by atoms with Crippen molar-refractivity contribution in [1.82, 2.24) is 15.5 Å². The van der Waals surface area contributed by atoms with Crippen LogP contribution in [0.25, 0.3) is 0 Å². The Bertz CT molecular complexity index is 407. The van der Waals surface area contributed by atoms with E-state index in [0.29, 0.717) is 13.0 Å². The van der Waals surface area contributed by atoms with E-state index in [0.717, 1.165) is 38.5 Å². The lowest BCUT2D eigenvalue weighted by Gasteiger charge is -2.32. The minimum Gasteiger partial charge on any atom is -0.480 e. The number of carbonyl (C=O) groups is 3. The molecule has 1 atom stereocenters. The number of hydrogen-bond donors (Lipinski definition) is 3. The number of nitrogens with one attached hydrogen (secondary N) is 2. The molecule has 0 aromatic carbocycles. The monoisotopic (exact) mass is 297 g/mol. The van der Waals surface area contributed by atoms with E-state index >= 15 is 0 Å². The second-order valence-electron chi connectivity index (χ2n) is 5.82. The maximum atomic E-state index is 11.9. The number of amides is 3. The summed E-state index contributed by atoms with van der Waals surface area (Å²) < 4.78 is 0. The third-order valence-electron chi connectivity index (χ3n) is 4.19. The Labute approximate surface area is 124 Å². The zero-order valence-electron chi connectivity index (χ0n) is 12.1. The molecule has 118 valence electrons. The van der Waals surface area contributed by atoms with Crippen LogP contribution in [0.5, 0.6) is 0 Å². The van der Waals surface area contributed by atoms with E-state index < -0.39 is 23.9 Å². The largest absolute Gasteiger partial charge is 0.480 e. The van der Waals surface area contributed by atoms with Gasteiger partial charge < -0.3 is 10.4 Å². The van der Waals surface area contributed by atoms with Gasteiger partial charge in [-0.15, -0.1) is 0 Å². The summed E-state index contributed by atoms with van der Waals surface area (Å²) in [5.74, 6) is -1.35. The Balaban J connectivity index is 1.77. The summed E-state index contributed by atoms with van der Waals surface area (Å²) in [6.45, 7) is 0.531. The molecule has 1 saturated heterocycles. The van der Waals surface area contributed by atoms with Gasteiger partial charge in [0, 0.05) is 6.04 Å². The van der Waals surface area contributed by atoms with Crippen LogP contribution in [0.2, 0.25) is 0 Å². The van der Waals surface area contributed by atoms with Crippen LogP contribution >= 0.6 is 0 Å². The predicted octanol–water partition coefficient (Wildman–Crippen LogP) is 0.694. The molecular weight excluding hydrogens is 274 g/mol. The summed E-state index contributed by atoms with van der Waals surface area (Å²) in [6, 6.07) is -0.947. The predicted molar refractivity (Wildman–Crippen MR) is 75.8 cm³/mol. The normalized spacial score (nSPS) is 23.7. The molecule has 0 aromatic rings. The number of imide groups is 1. The van der Waals surface area contributed by atoms with E-state index in [1.807, 2.05) is 0 Å². The van der Waals surface area contributed by atoms with Crippen molar-refractivity contribution in [2.45, 2.75) is 57.0 Å². The van der Waals surface area contributed by atoms with Gasteiger partial charge in [0.25, 0.3) is 0 Å². The number of urea groups is 1. The van der Waals surface area contributed by atoms with Crippen LogP contribution in [0.3, 0.4) is 0 Å². The zero-order chi connectivity index (χ0) is 15.2. The Morgan fingerprint density at radius 3 is 2.38 bits per heavy atom. The average Bonchev–Trinajstić information content (AvgIpc) is 2.91. The van der Waals surface area contributed by atoms with Crippen molar-refractivity contribution in [3.05, 3.63) is 0 Å². The average molecular weight is 297 g/mol. The molecule has 2 rings (SSSR count). The molecule has 3 N–H and O–H groups in total. The number of likely N-dealkylation sites (tertiary alicyclic amines) is 1. The van der Waals surface area contributed by atoms with Crippen LogP contribution in [0, 0.1) is 0 Å². The third-order valence-corrected chi connectivity index (χ3v) is 4.19. The number of nitrogens with zero attached hydrogens (tertiary/aromatic N) is 1. The molecule has 7 nitrogen and oxygen atoms in total. The number of hydrogen-bond acceptors (Lipinski definition) is 4. The molecule has 0 radical (unpaired) electrons. The van der Waals surface area contributed by atoms with Gasteiger partial charge in [-0.25, -0.2) is 4.79 Å². The first-order chi connectivity index (χ1) is 10.1. The van der Waals surface area contributed by atoms with Crippen LogP contribution < -0.4 is 10.6 Å². The fraction of sp³-hybridized carbons (Fsp3) is 0.786. The molecule has 1 unspecified atom stereocenters. The molecule has 21 heavy (non-hydrogen) atoms. The quantitative estimate of drug-likeness (QED) is 0.709. The van der Waals surface area contributed by atoms with E-state index in [1.54, 1.807) is 4.90 Å². The number of carbonyl (C=O) groups excluding carboxylic acids is 2. The highest BCUT2D eigenvalue weighted by atomic mass is 16.4. The van der Waals surface area contributed by atoms with Crippen molar-refractivity contribution in [2.24, 2.45) is 0 Å². The maximum absolute atomic E-state index is 11.9. The first kappa shape index (κ1) is 15.8. The summed E-state index contributed by atoms with van der Waals surface area (Å²) in [5.41, 5.74) is 0. The summed E-state index contributed by atoms with van der Waals surface area (Å²) in [5, 5.41) is 14.2. The van der Waals surface area contributed by atoms with Crippen LogP contribution in [0.1, 0.15) is 44.9 Å². The molecule has 0 spiro atoms. The van der Waals surface area contributed by atoms with Crippen molar-refractivity contribution in [1.29, 1.82) is 0 Å². The zero-order valence-corrected chi connectivity index (χ0v) is 12.1.